The zero-order valence-electron chi connectivity index (χ0n) is 11.6. The molecule has 0 radical (unpaired) electrons. The summed E-state index contributed by atoms with van der Waals surface area (Å²) < 4.78 is 34.4. The Morgan fingerprint density at radius 1 is 1.43 bits per heavy atom. The number of hydrogen-bond acceptors (Lipinski definition) is 6. The van der Waals surface area contributed by atoms with Crippen molar-refractivity contribution in [1.29, 1.82) is 0 Å². The number of rotatable bonds is 5. The lowest BCUT2D eigenvalue weighted by atomic mass is 10.0. The van der Waals surface area contributed by atoms with Gasteiger partial charge in [0.1, 0.15) is 6.04 Å². The first-order valence-electron chi connectivity index (χ1n) is 6.51. The summed E-state index contributed by atoms with van der Waals surface area (Å²) in [5.41, 5.74) is 5.26. The molecule has 2 heterocycles. The lowest BCUT2D eigenvalue weighted by Gasteiger charge is -2.29. The van der Waals surface area contributed by atoms with E-state index >= 15 is 0 Å². The predicted molar refractivity (Wildman–Crippen MR) is 69.8 cm³/mol. The summed E-state index contributed by atoms with van der Waals surface area (Å²) in [6.07, 6.45) is 0.783. The number of fused-ring (bicyclic) bond motifs is 2. The van der Waals surface area contributed by atoms with Crippen LogP contribution in [0.3, 0.4) is 0 Å². The fraction of sp³-hybridized carbons (Fsp3) is 0.800. The molecular weight excluding hydrogens is 304 g/mol. The largest absolute Gasteiger partial charge is 0.418 e. The van der Waals surface area contributed by atoms with Crippen LogP contribution in [0.25, 0.3) is 0 Å². The van der Waals surface area contributed by atoms with E-state index in [9.17, 15) is 18.0 Å². The predicted octanol–water partition coefficient (Wildman–Crippen LogP) is -0.981. The Bertz CT molecular complexity index is 536. The molecule has 2 atom stereocenters. The van der Waals surface area contributed by atoms with Crippen molar-refractivity contribution in [2.75, 3.05) is 6.54 Å². The molecule has 2 aliphatic rings. The van der Waals surface area contributed by atoms with E-state index in [1.807, 2.05) is 13.8 Å². The first kappa shape index (κ1) is 15.9. The van der Waals surface area contributed by atoms with E-state index in [4.69, 9.17) is 4.55 Å². The molecule has 0 aromatic rings. The first-order valence-corrected chi connectivity index (χ1v) is 7.88. The van der Waals surface area contributed by atoms with Crippen LogP contribution in [0.15, 0.2) is 0 Å². The molecule has 2 aliphatic heterocycles. The summed E-state index contributed by atoms with van der Waals surface area (Å²) in [4.78, 5) is 25.3. The fourth-order valence-electron chi connectivity index (χ4n) is 2.40. The third-order valence-electron chi connectivity index (χ3n) is 3.28. The van der Waals surface area contributed by atoms with Gasteiger partial charge in [0.25, 0.3) is 5.91 Å². The molecule has 0 unspecified atom stereocenters. The Hall–Kier alpha value is -1.43. The average Bonchev–Trinajstić information content (AvgIpc) is 2.60. The minimum atomic E-state index is -4.77. The van der Waals surface area contributed by atoms with Gasteiger partial charge in [-0.15, -0.1) is 4.28 Å². The number of hydroxylamine groups is 2. The number of nitrogens with one attached hydrogen (secondary N) is 2. The monoisotopic (exact) mass is 322 g/mol. The molecule has 3 amide bonds. The van der Waals surface area contributed by atoms with Gasteiger partial charge in [0, 0.05) is 12.6 Å². The van der Waals surface area contributed by atoms with Gasteiger partial charge in [0.15, 0.2) is 0 Å². The summed E-state index contributed by atoms with van der Waals surface area (Å²) >= 11 is 0. The van der Waals surface area contributed by atoms with Gasteiger partial charge < -0.3 is 4.90 Å². The van der Waals surface area contributed by atoms with Gasteiger partial charge in [-0.25, -0.2) is 10.2 Å². The Morgan fingerprint density at radius 3 is 2.67 bits per heavy atom. The maximum atomic E-state index is 12.1. The Balaban J connectivity index is 2.05. The van der Waals surface area contributed by atoms with Crippen molar-refractivity contribution in [2.24, 2.45) is 0 Å². The summed E-state index contributed by atoms with van der Waals surface area (Å²) in [7, 11) is -4.77. The number of nitrogens with zero attached hydrogens (tertiary/aromatic N) is 2. The summed E-state index contributed by atoms with van der Waals surface area (Å²) in [6, 6.07) is -1.91. The highest BCUT2D eigenvalue weighted by Crippen LogP contribution is 2.30. The average molecular weight is 322 g/mol. The molecule has 0 aromatic carbocycles. The van der Waals surface area contributed by atoms with Crippen LogP contribution in [0.5, 0.6) is 0 Å². The number of carbonyl (C=O) groups is 2. The van der Waals surface area contributed by atoms with Gasteiger partial charge in [-0.05, 0) is 26.7 Å². The van der Waals surface area contributed by atoms with Crippen molar-refractivity contribution in [1.82, 2.24) is 20.8 Å². The van der Waals surface area contributed by atoms with Crippen LogP contribution in [0.4, 0.5) is 4.79 Å². The lowest BCUT2D eigenvalue weighted by Crippen LogP contribution is -2.54. The van der Waals surface area contributed by atoms with Crippen LogP contribution in [-0.2, 0) is 19.5 Å². The zero-order valence-corrected chi connectivity index (χ0v) is 12.5. The molecule has 2 saturated heterocycles. The number of amides is 3. The van der Waals surface area contributed by atoms with Gasteiger partial charge in [-0.3, -0.25) is 14.8 Å². The highest BCUT2D eigenvalue weighted by molar-refractivity contribution is 7.80. The molecule has 0 aromatic heterocycles. The first-order chi connectivity index (χ1) is 9.69. The summed E-state index contributed by atoms with van der Waals surface area (Å²) in [5.74, 6) is -0.371. The minimum Gasteiger partial charge on any atom is -0.309 e. The highest BCUT2D eigenvalue weighted by Gasteiger charge is 2.49. The standard InChI is InChI=1S/C10H18N4O6S/c1-6(2)11-12-9(15)8-4-3-7-5-13(8)10(16)14(7)20-21(17,18)19/h6-8,11H,3-5H2,1-2H3,(H,12,15)(H,17,18,19)/t7-,8+/m1/s1. The molecule has 3 N–H and O–H groups in total. The van der Waals surface area contributed by atoms with Crippen LogP contribution in [-0.4, -0.2) is 59.5 Å². The molecule has 0 aliphatic carbocycles. The quantitative estimate of drug-likeness (QED) is 0.438. The van der Waals surface area contributed by atoms with Crippen molar-refractivity contribution in [3.05, 3.63) is 0 Å². The fourth-order valence-corrected chi connectivity index (χ4v) is 2.79. The number of hydrogen-bond donors (Lipinski definition) is 3. The number of piperidine rings is 1. The Kier molecular flexibility index (Phi) is 4.37. The Morgan fingerprint density at radius 2 is 2.10 bits per heavy atom. The second-order valence-electron chi connectivity index (χ2n) is 5.30. The normalized spacial score (nSPS) is 25.6. The second kappa shape index (κ2) is 5.75. The molecule has 11 heteroatoms. The smallest absolute Gasteiger partial charge is 0.309 e. The molecule has 0 spiro atoms. The van der Waals surface area contributed by atoms with Crippen LogP contribution in [0.1, 0.15) is 26.7 Å². The van der Waals surface area contributed by atoms with Crippen molar-refractivity contribution >= 4 is 22.3 Å². The molecule has 0 saturated carbocycles. The SMILES string of the molecule is CC(C)NNC(=O)[C@@H]1CC[C@@H]2CN1C(=O)N2OS(=O)(=O)O. The number of hydrazine groups is 1. The van der Waals surface area contributed by atoms with E-state index < -0.39 is 28.5 Å². The number of carbonyl (C=O) groups excluding carboxylic acids is 2. The van der Waals surface area contributed by atoms with Crippen LogP contribution >= 0.6 is 0 Å². The van der Waals surface area contributed by atoms with Gasteiger partial charge in [-0.1, -0.05) is 0 Å². The van der Waals surface area contributed by atoms with E-state index in [2.05, 4.69) is 15.1 Å². The van der Waals surface area contributed by atoms with Crippen LogP contribution in [0, 0.1) is 0 Å². The summed E-state index contributed by atoms with van der Waals surface area (Å²) in [5, 5.41) is 0.610. The van der Waals surface area contributed by atoms with Crippen LogP contribution < -0.4 is 10.9 Å². The van der Waals surface area contributed by atoms with Gasteiger partial charge in [0.2, 0.25) is 0 Å². The molecule has 2 fully saturated rings. The molecule has 2 bridgehead atoms. The third kappa shape index (κ3) is 3.61. The van der Waals surface area contributed by atoms with Gasteiger partial charge in [0.05, 0.1) is 6.04 Å². The maximum Gasteiger partial charge on any atom is 0.418 e. The number of urea groups is 1. The van der Waals surface area contributed by atoms with Crippen molar-refractivity contribution in [3.8, 4) is 0 Å². The molecule has 10 nitrogen and oxygen atoms in total. The topological polar surface area (TPSA) is 128 Å². The van der Waals surface area contributed by atoms with Crippen molar-refractivity contribution < 1.29 is 26.8 Å². The minimum absolute atomic E-state index is 0.0407. The Labute approximate surface area is 122 Å². The van der Waals surface area contributed by atoms with Crippen molar-refractivity contribution in [2.45, 2.75) is 44.8 Å². The van der Waals surface area contributed by atoms with Gasteiger partial charge in [-0.2, -0.15) is 13.5 Å². The van der Waals surface area contributed by atoms with Gasteiger partial charge >= 0.3 is 16.4 Å². The molecule has 2 rings (SSSR count). The van der Waals surface area contributed by atoms with E-state index in [-0.39, 0.29) is 18.5 Å². The van der Waals surface area contributed by atoms with E-state index in [1.54, 1.807) is 0 Å². The van der Waals surface area contributed by atoms with E-state index in [0.717, 1.165) is 0 Å². The summed E-state index contributed by atoms with van der Waals surface area (Å²) in [6.45, 7) is 3.87. The highest BCUT2D eigenvalue weighted by atomic mass is 32.3. The van der Waals surface area contributed by atoms with E-state index in [0.29, 0.717) is 17.9 Å². The molecular formula is C10H18N4O6S. The second-order valence-corrected chi connectivity index (χ2v) is 6.30. The lowest BCUT2D eigenvalue weighted by molar-refractivity contribution is -0.127. The maximum absolute atomic E-state index is 12.1. The zero-order chi connectivity index (χ0) is 15.8. The molecule has 21 heavy (non-hydrogen) atoms. The van der Waals surface area contributed by atoms with E-state index in [1.165, 1.54) is 4.90 Å². The third-order valence-corrected chi connectivity index (χ3v) is 3.63. The van der Waals surface area contributed by atoms with Crippen molar-refractivity contribution in [3.63, 3.8) is 0 Å². The van der Waals surface area contributed by atoms with Crippen LogP contribution in [0.2, 0.25) is 0 Å². The molecule has 120 valence electrons.